The number of benzene rings is 1. The Labute approximate surface area is 97.2 Å². The Kier molecular flexibility index (Phi) is 2.32. The summed E-state index contributed by atoms with van der Waals surface area (Å²) in [6.07, 6.45) is 3.79. The van der Waals surface area contributed by atoms with Gasteiger partial charge in [-0.25, -0.2) is 9.07 Å². The van der Waals surface area contributed by atoms with Crippen molar-refractivity contribution in [3.05, 3.63) is 23.0 Å². The van der Waals surface area contributed by atoms with Gasteiger partial charge in [-0.3, -0.25) is 0 Å². The summed E-state index contributed by atoms with van der Waals surface area (Å²) in [6.45, 7) is 0.860. The van der Waals surface area contributed by atoms with Crippen LogP contribution in [0, 0.1) is 11.7 Å². The fourth-order valence-corrected chi connectivity index (χ4v) is 2.18. The van der Waals surface area contributed by atoms with Gasteiger partial charge in [0.15, 0.2) is 0 Å². The minimum absolute atomic E-state index is 0.129. The van der Waals surface area contributed by atoms with Crippen molar-refractivity contribution < 1.29 is 4.39 Å². The summed E-state index contributed by atoms with van der Waals surface area (Å²) in [4.78, 5) is 0. The molecule has 3 nitrogen and oxygen atoms in total. The molecule has 84 valence electrons. The van der Waals surface area contributed by atoms with Gasteiger partial charge >= 0.3 is 0 Å². The van der Waals surface area contributed by atoms with Crippen molar-refractivity contribution in [2.24, 2.45) is 5.92 Å². The van der Waals surface area contributed by atoms with Crippen molar-refractivity contribution >= 4 is 22.6 Å². The molecule has 5 heteroatoms. The molecule has 0 unspecified atom stereocenters. The van der Waals surface area contributed by atoms with Gasteiger partial charge in [0.05, 0.1) is 10.5 Å². The first-order valence-electron chi connectivity index (χ1n) is 5.42. The Morgan fingerprint density at radius 2 is 2.25 bits per heavy atom. The summed E-state index contributed by atoms with van der Waals surface area (Å²) in [5, 5.41) is 8.12. The van der Waals surface area contributed by atoms with Gasteiger partial charge in [-0.15, -0.1) is 5.10 Å². The second-order valence-electron chi connectivity index (χ2n) is 4.32. The lowest BCUT2D eigenvalue weighted by molar-refractivity contribution is 0.268. The average molecular weight is 240 g/mol. The molecule has 0 saturated heterocycles. The van der Waals surface area contributed by atoms with Crippen LogP contribution in [-0.4, -0.2) is 15.0 Å². The lowest BCUT2D eigenvalue weighted by atomic mass is 9.85. The van der Waals surface area contributed by atoms with Crippen molar-refractivity contribution in [1.29, 1.82) is 0 Å². The highest BCUT2D eigenvalue weighted by Crippen LogP contribution is 2.29. The van der Waals surface area contributed by atoms with Crippen molar-refractivity contribution in [2.75, 3.05) is 0 Å². The molecule has 1 aromatic heterocycles. The van der Waals surface area contributed by atoms with Crippen molar-refractivity contribution in [2.45, 2.75) is 25.8 Å². The quantitative estimate of drug-likeness (QED) is 0.807. The van der Waals surface area contributed by atoms with Gasteiger partial charge in [-0.1, -0.05) is 23.2 Å². The fourth-order valence-electron chi connectivity index (χ4n) is 2.02. The highest BCUT2D eigenvalue weighted by atomic mass is 35.5. The largest absolute Gasteiger partial charge is 0.244 e. The normalized spacial score (nSPS) is 16.6. The Hall–Kier alpha value is -1.16. The molecule has 1 heterocycles. The molecule has 0 atom stereocenters. The maximum atomic E-state index is 13.2. The standard InChI is InChI=1S/C11H11ClFN3/c12-8-4-11-10(5-9(8)13)14-15-16(11)6-7-2-1-3-7/h4-5,7H,1-3,6H2. The molecular weight excluding hydrogens is 229 g/mol. The van der Waals surface area contributed by atoms with Gasteiger partial charge in [0, 0.05) is 12.6 Å². The van der Waals surface area contributed by atoms with Gasteiger partial charge in [-0.05, 0) is 24.8 Å². The van der Waals surface area contributed by atoms with Crippen LogP contribution >= 0.6 is 11.6 Å². The van der Waals surface area contributed by atoms with E-state index in [9.17, 15) is 4.39 Å². The topological polar surface area (TPSA) is 30.7 Å². The van der Waals surface area contributed by atoms with Crippen LogP contribution in [0.5, 0.6) is 0 Å². The SMILES string of the molecule is Fc1cc2nnn(CC3CCC3)c2cc1Cl. The maximum absolute atomic E-state index is 13.2. The predicted molar refractivity (Wildman–Crippen MR) is 59.8 cm³/mol. The number of rotatable bonds is 2. The molecule has 1 aliphatic rings. The molecule has 2 aromatic rings. The molecule has 1 aromatic carbocycles. The highest BCUT2D eigenvalue weighted by Gasteiger charge is 2.19. The van der Waals surface area contributed by atoms with E-state index >= 15 is 0 Å². The summed E-state index contributed by atoms with van der Waals surface area (Å²) in [7, 11) is 0. The van der Waals surface area contributed by atoms with E-state index in [4.69, 9.17) is 11.6 Å². The Morgan fingerprint density at radius 1 is 1.44 bits per heavy atom. The van der Waals surface area contributed by atoms with Crippen LogP contribution in [0.3, 0.4) is 0 Å². The summed E-state index contributed by atoms with van der Waals surface area (Å²) in [5.74, 6) is 0.249. The number of hydrogen-bond donors (Lipinski definition) is 0. The van der Waals surface area contributed by atoms with E-state index in [1.54, 1.807) is 6.07 Å². The van der Waals surface area contributed by atoms with Gasteiger partial charge in [0.1, 0.15) is 11.3 Å². The lowest BCUT2D eigenvalue weighted by Gasteiger charge is -2.24. The third-order valence-electron chi connectivity index (χ3n) is 3.21. The molecular formula is C11H11ClFN3. The van der Waals surface area contributed by atoms with E-state index < -0.39 is 5.82 Å². The Morgan fingerprint density at radius 3 is 2.94 bits per heavy atom. The molecule has 1 aliphatic carbocycles. The van der Waals surface area contributed by atoms with Crippen LogP contribution in [0.25, 0.3) is 11.0 Å². The first-order valence-corrected chi connectivity index (χ1v) is 5.80. The molecule has 0 N–H and O–H groups in total. The van der Waals surface area contributed by atoms with E-state index in [0.717, 1.165) is 12.1 Å². The summed E-state index contributed by atoms with van der Waals surface area (Å²) >= 11 is 5.76. The molecule has 0 aliphatic heterocycles. The minimum atomic E-state index is -0.440. The van der Waals surface area contributed by atoms with E-state index in [1.165, 1.54) is 25.3 Å². The van der Waals surface area contributed by atoms with Crippen LogP contribution in [-0.2, 0) is 6.54 Å². The Bertz CT molecular complexity index is 533. The number of hydrogen-bond acceptors (Lipinski definition) is 2. The zero-order valence-corrected chi connectivity index (χ0v) is 9.41. The number of fused-ring (bicyclic) bond motifs is 1. The summed E-state index contributed by atoms with van der Waals surface area (Å²) in [5.41, 5.74) is 1.39. The molecule has 0 radical (unpaired) electrons. The second-order valence-corrected chi connectivity index (χ2v) is 4.73. The molecule has 0 bridgehead atoms. The summed E-state index contributed by atoms with van der Waals surface area (Å²) in [6, 6.07) is 2.94. The summed E-state index contributed by atoms with van der Waals surface area (Å²) < 4.78 is 15.0. The van der Waals surface area contributed by atoms with E-state index in [1.807, 2.05) is 4.68 Å². The van der Waals surface area contributed by atoms with Gasteiger partial charge in [-0.2, -0.15) is 0 Å². The fraction of sp³-hybridized carbons (Fsp3) is 0.455. The number of halogens is 2. The smallest absolute Gasteiger partial charge is 0.144 e. The monoisotopic (exact) mass is 239 g/mol. The van der Waals surface area contributed by atoms with Crippen LogP contribution in [0.15, 0.2) is 12.1 Å². The van der Waals surface area contributed by atoms with Crippen LogP contribution in [0.1, 0.15) is 19.3 Å². The van der Waals surface area contributed by atoms with Crippen molar-refractivity contribution in [3.8, 4) is 0 Å². The first kappa shape index (κ1) is 10.0. The number of aromatic nitrogens is 3. The molecule has 0 amide bonds. The van der Waals surface area contributed by atoms with E-state index in [0.29, 0.717) is 11.4 Å². The van der Waals surface area contributed by atoms with E-state index in [-0.39, 0.29) is 5.02 Å². The van der Waals surface area contributed by atoms with Gasteiger partial charge < -0.3 is 0 Å². The Balaban J connectivity index is 2.01. The highest BCUT2D eigenvalue weighted by molar-refractivity contribution is 6.31. The molecule has 16 heavy (non-hydrogen) atoms. The minimum Gasteiger partial charge on any atom is -0.244 e. The zero-order chi connectivity index (χ0) is 11.1. The molecule has 3 rings (SSSR count). The molecule has 1 fully saturated rings. The van der Waals surface area contributed by atoms with Gasteiger partial charge in [0.2, 0.25) is 0 Å². The van der Waals surface area contributed by atoms with Gasteiger partial charge in [0.25, 0.3) is 0 Å². The van der Waals surface area contributed by atoms with Crippen LogP contribution < -0.4 is 0 Å². The van der Waals surface area contributed by atoms with Crippen molar-refractivity contribution in [1.82, 2.24) is 15.0 Å². The number of nitrogens with zero attached hydrogens (tertiary/aromatic N) is 3. The predicted octanol–water partition coefficient (Wildman–Crippen LogP) is 3.02. The van der Waals surface area contributed by atoms with E-state index in [2.05, 4.69) is 10.3 Å². The van der Waals surface area contributed by atoms with Crippen LogP contribution in [0.2, 0.25) is 5.02 Å². The van der Waals surface area contributed by atoms with Crippen molar-refractivity contribution in [3.63, 3.8) is 0 Å². The maximum Gasteiger partial charge on any atom is 0.144 e. The average Bonchev–Trinajstić information content (AvgIpc) is 2.56. The second kappa shape index (κ2) is 3.70. The molecule has 0 spiro atoms. The third kappa shape index (κ3) is 1.57. The first-order chi connectivity index (χ1) is 7.74. The molecule has 1 saturated carbocycles. The zero-order valence-electron chi connectivity index (χ0n) is 8.66. The van der Waals surface area contributed by atoms with Crippen LogP contribution in [0.4, 0.5) is 4.39 Å². The lowest BCUT2D eigenvalue weighted by Crippen LogP contribution is -2.18. The third-order valence-corrected chi connectivity index (χ3v) is 3.50.